The third kappa shape index (κ3) is 3.68. The first-order chi connectivity index (χ1) is 9.38. The molecule has 106 valence electrons. The molecule has 0 heterocycles. The maximum atomic E-state index is 11.5. The molecule has 0 spiro atoms. The van der Waals surface area contributed by atoms with Gasteiger partial charge in [0.1, 0.15) is 5.76 Å². The molecule has 0 unspecified atom stereocenters. The molecule has 0 aliphatic carbocycles. The van der Waals surface area contributed by atoms with Crippen molar-refractivity contribution >= 4 is 35.3 Å². The lowest BCUT2D eigenvalue weighted by molar-refractivity contribution is -0.113. The van der Waals surface area contributed by atoms with Crippen molar-refractivity contribution in [3.8, 4) is 0 Å². The van der Waals surface area contributed by atoms with Crippen LogP contribution in [0.4, 0.5) is 5.69 Å². The Bertz CT molecular complexity index is 601. The Kier molecular flexibility index (Phi) is 5.46. The number of ether oxygens (including phenoxy) is 1. The zero-order valence-corrected chi connectivity index (χ0v) is 12.1. The minimum Gasteiger partial charge on any atom is -0.512 e. The molecule has 1 N–H and O–H groups in total. The molecule has 0 radical (unpaired) electrons. The van der Waals surface area contributed by atoms with Crippen molar-refractivity contribution < 1.29 is 19.4 Å². The van der Waals surface area contributed by atoms with E-state index < -0.39 is 5.97 Å². The van der Waals surface area contributed by atoms with Crippen LogP contribution < -0.4 is 0 Å². The van der Waals surface area contributed by atoms with E-state index in [1.54, 1.807) is 12.1 Å². The van der Waals surface area contributed by atoms with Crippen molar-refractivity contribution in [1.82, 2.24) is 0 Å². The number of hydrogen-bond donors (Lipinski definition) is 1. The average molecular weight is 296 g/mol. The molecule has 0 bridgehead atoms. The average Bonchev–Trinajstić information content (AvgIpc) is 2.39. The number of nitrogens with zero attached hydrogens (tertiary/aromatic N) is 1. The fraction of sp³-hybridized carbons (Fsp3) is 0.214. The van der Waals surface area contributed by atoms with Crippen LogP contribution in [-0.4, -0.2) is 30.2 Å². The minimum atomic E-state index is -0.576. The number of ketones is 1. The number of halogens is 1. The number of allylic oxidation sites excluding steroid dienone is 2. The summed E-state index contributed by atoms with van der Waals surface area (Å²) in [6.07, 6.45) is 1.21. The zero-order chi connectivity index (χ0) is 15.3. The largest absolute Gasteiger partial charge is 0.512 e. The van der Waals surface area contributed by atoms with Gasteiger partial charge in [0.2, 0.25) is 0 Å². The Balaban J connectivity index is 3.20. The van der Waals surface area contributed by atoms with Gasteiger partial charge in [0.25, 0.3) is 0 Å². The number of carbonyl (C=O) groups is 2. The molecule has 0 fully saturated rings. The van der Waals surface area contributed by atoms with E-state index in [-0.39, 0.29) is 27.7 Å². The van der Waals surface area contributed by atoms with E-state index in [1.165, 1.54) is 33.2 Å². The van der Waals surface area contributed by atoms with Crippen LogP contribution in [0.5, 0.6) is 0 Å². The Morgan fingerprint density at radius 1 is 1.35 bits per heavy atom. The smallest absolute Gasteiger partial charge is 0.339 e. The first kappa shape index (κ1) is 15.9. The van der Waals surface area contributed by atoms with Crippen LogP contribution in [0.15, 0.2) is 34.5 Å². The van der Waals surface area contributed by atoms with Gasteiger partial charge in [-0.3, -0.25) is 9.79 Å². The topological polar surface area (TPSA) is 76.0 Å². The van der Waals surface area contributed by atoms with Crippen LogP contribution in [0.2, 0.25) is 5.02 Å². The summed E-state index contributed by atoms with van der Waals surface area (Å²) in [4.78, 5) is 26.8. The van der Waals surface area contributed by atoms with Gasteiger partial charge in [-0.15, -0.1) is 0 Å². The number of aliphatic hydroxyl groups excluding tert-OH is 1. The van der Waals surface area contributed by atoms with Crippen LogP contribution in [0.25, 0.3) is 0 Å². The molecule has 0 aliphatic rings. The van der Waals surface area contributed by atoms with E-state index >= 15 is 0 Å². The van der Waals surface area contributed by atoms with Crippen LogP contribution in [-0.2, 0) is 9.53 Å². The van der Waals surface area contributed by atoms with Crippen LogP contribution >= 0.6 is 11.6 Å². The second kappa shape index (κ2) is 6.86. The lowest BCUT2D eigenvalue weighted by Crippen LogP contribution is -2.02. The van der Waals surface area contributed by atoms with Gasteiger partial charge in [0, 0.05) is 6.21 Å². The van der Waals surface area contributed by atoms with Gasteiger partial charge in [-0.2, -0.15) is 0 Å². The number of esters is 1. The van der Waals surface area contributed by atoms with Crippen LogP contribution in [0.1, 0.15) is 24.2 Å². The quantitative estimate of drug-likeness (QED) is 0.400. The van der Waals surface area contributed by atoms with Gasteiger partial charge >= 0.3 is 5.97 Å². The van der Waals surface area contributed by atoms with Crippen molar-refractivity contribution in [2.45, 2.75) is 13.8 Å². The van der Waals surface area contributed by atoms with Crippen LogP contribution in [0, 0.1) is 0 Å². The first-order valence-corrected chi connectivity index (χ1v) is 6.08. The third-order valence-electron chi connectivity index (χ3n) is 2.49. The van der Waals surface area contributed by atoms with E-state index in [1.807, 2.05) is 0 Å². The number of rotatable bonds is 4. The molecule has 1 aromatic carbocycles. The standard InChI is InChI=1S/C14H14ClNO4/c1-8(17)11(9(2)18)7-16-12-6-4-5-10(13(12)15)14(19)20-3/h4-7,17H,1-3H3. The maximum absolute atomic E-state index is 11.5. The molecule has 0 aromatic heterocycles. The highest BCUT2D eigenvalue weighted by molar-refractivity contribution is 6.36. The molecule has 0 saturated heterocycles. The van der Waals surface area contributed by atoms with E-state index in [0.29, 0.717) is 5.69 Å². The summed E-state index contributed by atoms with van der Waals surface area (Å²) in [5, 5.41) is 9.49. The van der Waals surface area contributed by atoms with Crippen LogP contribution in [0.3, 0.4) is 0 Å². The van der Waals surface area contributed by atoms with E-state index in [2.05, 4.69) is 9.73 Å². The number of methoxy groups -OCH3 is 1. The fourth-order valence-corrected chi connectivity index (χ4v) is 1.71. The predicted molar refractivity (Wildman–Crippen MR) is 77.0 cm³/mol. The molecule has 0 saturated carbocycles. The summed E-state index contributed by atoms with van der Waals surface area (Å²) in [6, 6.07) is 4.68. The van der Waals surface area contributed by atoms with Crippen molar-refractivity contribution in [2.75, 3.05) is 7.11 Å². The molecule has 1 aromatic rings. The number of hydrogen-bond acceptors (Lipinski definition) is 5. The number of aliphatic imine (C=N–C) groups is 1. The second-order valence-electron chi connectivity index (χ2n) is 3.94. The van der Waals surface area contributed by atoms with Crippen molar-refractivity contribution in [1.29, 1.82) is 0 Å². The van der Waals surface area contributed by atoms with Crippen molar-refractivity contribution in [3.05, 3.63) is 40.1 Å². The number of Topliss-reactive ketones (excluding diaryl/α,β-unsaturated/α-hetero) is 1. The van der Waals surface area contributed by atoms with Crippen molar-refractivity contribution in [2.24, 2.45) is 4.99 Å². The monoisotopic (exact) mass is 295 g/mol. The molecular formula is C14H14ClNO4. The number of carbonyl (C=O) groups excluding carboxylic acids is 2. The summed E-state index contributed by atoms with van der Waals surface area (Å²) in [6.45, 7) is 2.70. The third-order valence-corrected chi connectivity index (χ3v) is 2.88. The normalized spacial score (nSPS) is 12.2. The van der Waals surface area contributed by atoms with E-state index in [4.69, 9.17) is 11.6 Å². The highest BCUT2D eigenvalue weighted by atomic mass is 35.5. The molecule has 0 amide bonds. The maximum Gasteiger partial charge on any atom is 0.339 e. The van der Waals surface area contributed by atoms with Gasteiger partial charge in [-0.05, 0) is 26.0 Å². The molecule has 5 nitrogen and oxygen atoms in total. The predicted octanol–water partition coefficient (Wildman–Crippen LogP) is 3.25. The zero-order valence-electron chi connectivity index (χ0n) is 11.3. The summed E-state index contributed by atoms with van der Waals surface area (Å²) >= 11 is 6.05. The molecule has 20 heavy (non-hydrogen) atoms. The van der Waals surface area contributed by atoms with Gasteiger partial charge in [0.15, 0.2) is 5.78 Å². The van der Waals surface area contributed by atoms with E-state index in [0.717, 1.165) is 0 Å². The summed E-state index contributed by atoms with van der Waals surface area (Å²) in [5.74, 6) is -1.04. The van der Waals surface area contributed by atoms with Gasteiger partial charge in [0.05, 0.1) is 29.0 Å². The second-order valence-corrected chi connectivity index (χ2v) is 4.32. The molecule has 1 rings (SSSR count). The van der Waals surface area contributed by atoms with E-state index in [9.17, 15) is 14.7 Å². The Hall–Kier alpha value is -2.14. The summed E-state index contributed by atoms with van der Waals surface area (Å²) < 4.78 is 4.60. The van der Waals surface area contributed by atoms with Crippen molar-refractivity contribution in [3.63, 3.8) is 0 Å². The number of aliphatic hydroxyl groups is 1. The fourth-order valence-electron chi connectivity index (χ4n) is 1.46. The summed E-state index contributed by atoms with van der Waals surface area (Å²) in [7, 11) is 1.25. The lowest BCUT2D eigenvalue weighted by Gasteiger charge is -2.04. The Morgan fingerprint density at radius 3 is 2.50 bits per heavy atom. The molecular weight excluding hydrogens is 282 g/mol. The molecule has 0 aliphatic heterocycles. The van der Waals surface area contributed by atoms with Gasteiger partial charge in [-0.1, -0.05) is 17.7 Å². The Labute approximate surface area is 121 Å². The molecule has 6 heteroatoms. The summed E-state index contributed by atoms with van der Waals surface area (Å²) in [5.41, 5.74) is 0.553. The highest BCUT2D eigenvalue weighted by Gasteiger charge is 2.13. The first-order valence-electron chi connectivity index (χ1n) is 5.70. The van der Waals surface area contributed by atoms with Gasteiger partial charge < -0.3 is 9.84 Å². The molecule has 0 atom stereocenters. The lowest BCUT2D eigenvalue weighted by atomic mass is 10.1. The SMILES string of the molecule is COC(=O)c1cccc(N=CC(C(C)=O)=C(C)O)c1Cl. The highest BCUT2D eigenvalue weighted by Crippen LogP contribution is 2.28. The Morgan fingerprint density at radius 2 is 2.00 bits per heavy atom. The minimum absolute atomic E-state index is 0.0736. The number of benzene rings is 1. The van der Waals surface area contributed by atoms with Gasteiger partial charge in [-0.25, -0.2) is 4.79 Å².